The molecule has 0 saturated carbocycles. The van der Waals surface area contributed by atoms with Gasteiger partial charge in [0.05, 0.1) is 10.6 Å². The van der Waals surface area contributed by atoms with E-state index in [1.54, 1.807) is 0 Å². The lowest BCUT2D eigenvalue weighted by molar-refractivity contribution is 0.0768. The summed E-state index contributed by atoms with van der Waals surface area (Å²) < 4.78 is 0. The number of anilines is 2. The molecule has 6 nitrogen and oxygen atoms in total. The van der Waals surface area contributed by atoms with Gasteiger partial charge in [-0.05, 0) is 24.3 Å². The summed E-state index contributed by atoms with van der Waals surface area (Å²) in [5.74, 6) is 1.37. The van der Waals surface area contributed by atoms with Crippen LogP contribution in [0.4, 0.5) is 11.8 Å². The molecule has 0 aliphatic carbocycles. The van der Waals surface area contributed by atoms with Gasteiger partial charge < -0.3 is 15.5 Å². The van der Waals surface area contributed by atoms with Crippen LogP contribution in [-0.2, 0) is 12.8 Å². The van der Waals surface area contributed by atoms with Crippen LogP contribution in [0.3, 0.4) is 0 Å². The fourth-order valence-corrected chi connectivity index (χ4v) is 4.14. The third-order valence-corrected chi connectivity index (χ3v) is 5.57. The largest absolute Gasteiger partial charge is 0.368 e. The van der Waals surface area contributed by atoms with Gasteiger partial charge in [-0.1, -0.05) is 18.2 Å². The fourth-order valence-electron chi connectivity index (χ4n) is 3.45. The van der Waals surface area contributed by atoms with Crippen LogP contribution in [0.15, 0.2) is 29.7 Å². The number of hydrogen-bond donors (Lipinski definition) is 1. The number of hydrogen-bond acceptors (Lipinski definition) is 6. The highest BCUT2D eigenvalue weighted by Gasteiger charge is 2.25. The molecule has 4 rings (SSSR count). The van der Waals surface area contributed by atoms with Crippen molar-refractivity contribution >= 4 is 29.0 Å². The van der Waals surface area contributed by atoms with Crippen LogP contribution in [0.5, 0.6) is 0 Å². The number of amides is 1. The topological polar surface area (TPSA) is 75.3 Å². The molecule has 0 spiro atoms. The minimum Gasteiger partial charge on any atom is -0.368 e. The maximum Gasteiger partial charge on any atom is 0.263 e. The quantitative estimate of drug-likeness (QED) is 0.835. The van der Waals surface area contributed by atoms with Gasteiger partial charge in [0.1, 0.15) is 5.82 Å². The van der Waals surface area contributed by atoms with E-state index in [-0.39, 0.29) is 5.91 Å². The summed E-state index contributed by atoms with van der Waals surface area (Å²) in [5.41, 5.74) is 8.10. The zero-order chi connectivity index (χ0) is 17.2. The van der Waals surface area contributed by atoms with Crippen LogP contribution in [0.2, 0.25) is 0 Å². The van der Waals surface area contributed by atoms with E-state index in [4.69, 9.17) is 5.73 Å². The minimum atomic E-state index is 0.103. The molecule has 0 fully saturated rings. The van der Waals surface area contributed by atoms with Gasteiger partial charge in [-0.15, -0.1) is 11.3 Å². The Morgan fingerprint density at radius 2 is 2.04 bits per heavy atom. The molecule has 25 heavy (non-hydrogen) atoms. The zero-order valence-corrected chi connectivity index (χ0v) is 14.8. The molecular weight excluding hydrogens is 334 g/mol. The number of nitrogen functional groups attached to an aromatic ring is 1. The molecule has 0 radical (unpaired) electrons. The van der Waals surface area contributed by atoms with Gasteiger partial charge >= 0.3 is 0 Å². The summed E-state index contributed by atoms with van der Waals surface area (Å²) in [6.45, 7) is 3.14. The summed E-state index contributed by atoms with van der Waals surface area (Å²) >= 11 is 1.49. The molecule has 130 valence electrons. The molecule has 1 amide bonds. The molecule has 0 aromatic carbocycles. The second-order valence-electron chi connectivity index (χ2n) is 6.31. The first kappa shape index (κ1) is 16.1. The maximum atomic E-state index is 12.7. The Bertz CT molecular complexity index is 802. The van der Waals surface area contributed by atoms with E-state index >= 15 is 0 Å². The van der Waals surface area contributed by atoms with Gasteiger partial charge in [0.2, 0.25) is 5.95 Å². The Morgan fingerprint density at radius 3 is 2.80 bits per heavy atom. The molecule has 7 heteroatoms. The van der Waals surface area contributed by atoms with Crippen LogP contribution >= 0.6 is 11.3 Å². The lowest BCUT2D eigenvalue weighted by Crippen LogP contribution is -2.33. The Morgan fingerprint density at radius 1 is 1.16 bits per heavy atom. The van der Waals surface area contributed by atoms with E-state index in [9.17, 15) is 4.79 Å². The number of nitrogens with zero attached hydrogens (tertiary/aromatic N) is 4. The fraction of sp³-hybridized carbons (Fsp3) is 0.389. The van der Waals surface area contributed by atoms with E-state index in [0.29, 0.717) is 19.0 Å². The van der Waals surface area contributed by atoms with E-state index in [2.05, 4.69) is 27.0 Å². The SMILES string of the molecule is Nc1nc2c(c(N3CC=CCC3)n1)CCN(C(=O)c1cccs1)CC2. The first-order valence-corrected chi connectivity index (χ1v) is 9.48. The molecule has 2 aromatic heterocycles. The van der Waals surface area contributed by atoms with Gasteiger partial charge in [0, 0.05) is 38.2 Å². The van der Waals surface area contributed by atoms with Crippen molar-refractivity contribution in [3.63, 3.8) is 0 Å². The van der Waals surface area contributed by atoms with Crippen LogP contribution in [0, 0.1) is 0 Å². The maximum absolute atomic E-state index is 12.7. The van der Waals surface area contributed by atoms with Gasteiger partial charge in [-0.3, -0.25) is 4.79 Å². The highest BCUT2D eigenvalue weighted by molar-refractivity contribution is 7.12. The third-order valence-electron chi connectivity index (χ3n) is 4.72. The number of aromatic nitrogens is 2. The molecule has 2 aliphatic rings. The molecule has 0 bridgehead atoms. The summed E-state index contributed by atoms with van der Waals surface area (Å²) in [4.78, 5) is 26.6. The van der Waals surface area contributed by atoms with Crippen LogP contribution in [-0.4, -0.2) is 47.0 Å². The number of rotatable bonds is 2. The molecule has 4 heterocycles. The first-order valence-electron chi connectivity index (χ1n) is 8.60. The highest BCUT2D eigenvalue weighted by Crippen LogP contribution is 2.27. The summed E-state index contributed by atoms with van der Waals surface area (Å²) in [6.07, 6.45) is 6.86. The summed E-state index contributed by atoms with van der Waals surface area (Å²) in [6, 6.07) is 3.80. The third kappa shape index (κ3) is 3.24. The molecule has 0 unspecified atom stereocenters. The van der Waals surface area contributed by atoms with Crippen molar-refractivity contribution in [2.45, 2.75) is 19.3 Å². The summed E-state index contributed by atoms with van der Waals surface area (Å²) in [5, 5.41) is 1.94. The average molecular weight is 355 g/mol. The van der Waals surface area contributed by atoms with Crippen molar-refractivity contribution in [1.29, 1.82) is 0 Å². The average Bonchev–Trinajstić information content (AvgIpc) is 3.09. The predicted octanol–water partition coefficient (Wildman–Crippen LogP) is 2.13. The molecule has 2 aliphatic heterocycles. The monoisotopic (exact) mass is 355 g/mol. The molecule has 0 saturated heterocycles. The van der Waals surface area contributed by atoms with Gasteiger partial charge in [0.25, 0.3) is 5.91 Å². The lowest BCUT2D eigenvalue weighted by Gasteiger charge is -2.27. The van der Waals surface area contributed by atoms with Crippen LogP contribution in [0.25, 0.3) is 0 Å². The van der Waals surface area contributed by atoms with Gasteiger partial charge in [-0.25, -0.2) is 4.98 Å². The number of fused-ring (bicyclic) bond motifs is 1. The standard InChI is InChI=1S/C18H21N5OS/c19-18-20-14-7-11-23(17(24)15-5-4-12-25-15)10-6-13(14)16(21-18)22-8-2-1-3-9-22/h1-2,4-5,12H,3,6-11H2,(H2,19,20,21). The predicted molar refractivity (Wildman–Crippen MR) is 100 cm³/mol. The van der Waals surface area contributed by atoms with E-state index < -0.39 is 0 Å². The van der Waals surface area contributed by atoms with Crippen molar-refractivity contribution in [2.75, 3.05) is 36.8 Å². The second kappa shape index (κ2) is 6.84. The Balaban J connectivity index is 1.60. The number of carbonyl (C=O) groups is 1. The van der Waals surface area contributed by atoms with Crippen molar-refractivity contribution < 1.29 is 4.79 Å². The van der Waals surface area contributed by atoms with Crippen molar-refractivity contribution in [3.05, 3.63) is 45.8 Å². The Kier molecular flexibility index (Phi) is 4.40. The minimum absolute atomic E-state index is 0.103. The normalized spacial score (nSPS) is 17.3. The van der Waals surface area contributed by atoms with E-state index in [0.717, 1.165) is 54.3 Å². The summed E-state index contributed by atoms with van der Waals surface area (Å²) in [7, 11) is 0. The van der Waals surface area contributed by atoms with Gasteiger partial charge in [-0.2, -0.15) is 4.98 Å². The first-order chi connectivity index (χ1) is 12.2. The number of nitrogens with two attached hydrogens (primary N) is 1. The Labute approximate surface area is 151 Å². The highest BCUT2D eigenvalue weighted by atomic mass is 32.1. The molecular formula is C18H21N5OS. The molecule has 0 atom stereocenters. The number of thiophene rings is 1. The smallest absolute Gasteiger partial charge is 0.263 e. The second-order valence-corrected chi connectivity index (χ2v) is 7.25. The molecule has 2 aromatic rings. The number of carbonyl (C=O) groups excluding carboxylic acids is 1. The van der Waals surface area contributed by atoms with Crippen molar-refractivity contribution in [3.8, 4) is 0 Å². The van der Waals surface area contributed by atoms with Crippen LogP contribution < -0.4 is 10.6 Å². The van der Waals surface area contributed by atoms with Gasteiger partial charge in [0.15, 0.2) is 0 Å². The van der Waals surface area contributed by atoms with Crippen LogP contribution in [0.1, 0.15) is 27.3 Å². The lowest BCUT2D eigenvalue weighted by atomic mass is 10.1. The zero-order valence-electron chi connectivity index (χ0n) is 14.0. The van der Waals surface area contributed by atoms with Crippen molar-refractivity contribution in [2.24, 2.45) is 0 Å². The van der Waals surface area contributed by atoms with E-state index in [1.807, 2.05) is 22.4 Å². The van der Waals surface area contributed by atoms with Crippen molar-refractivity contribution in [1.82, 2.24) is 14.9 Å². The Hall–Kier alpha value is -2.41. The molecule has 2 N–H and O–H groups in total. The van der Waals surface area contributed by atoms with E-state index in [1.165, 1.54) is 11.3 Å².